The predicted octanol–water partition coefficient (Wildman–Crippen LogP) is 10.8. The fourth-order valence-corrected chi connectivity index (χ4v) is 9.37. The number of carbonyl (C=O) groups is 1. The normalized spacial score (nSPS) is 27.7. The quantitative estimate of drug-likeness (QED) is 0.0952. The topological polar surface area (TPSA) is 66.8 Å². The molecule has 4 rings (SSSR count). The standard InChI is InChI=1S/C37H51F9O4/c1-3-50-32(49)23(19-20-34(38,39)35(40,41)36(42,43)37(44,45)46)11-9-7-5-4-6-8-10-12-25-22-33(2)29(17-18-30(33)48)28-15-13-24-21-26(47)14-16-27(24)31(25)28/h14,16,21,23,25,28-31,47-48H,3-13,15,17-20,22H2,1-2H3/t23?,25-,28?,29?,30-,31?,33-/m0/s1. The molecule has 0 bridgehead atoms. The summed E-state index contributed by atoms with van der Waals surface area (Å²) in [7, 11) is 0. The number of aromatic hydroxyl groups is 1. The third-order valence-corrected chi connectivity index (χ3v) is 12.0. The van der Waals surface area contributed by atoms with Gasteiger partial charge in [-0.2, -0.15) is 39.5 Å². The maximum atomic E-state index is 14.1. The van der Waals surface area contributed by atoms with Crippen molar-refractivity contribution in [1.82, 2.24) is 0 Å². The lowest BCUT2D eigenvalue weighted by Crippen LogP contribution is -2.60. The number of aryl methyl sites for hydroxylation is 1. The van der Waals surface area contributed by atoms with E-state index in [0.717, 1.165) is 70.6 Å². The van der Waals surface area contributed by atoms with Gasteiger partial charge < -0.3 is 14.9 Å². The van der Waals surface area contributed by atoms with Gasteiger partial charge in [-0.15, -0.1) is 0 Å². The molecule has 0 saturated heterocycles. The zero-order chi connectivity index (χ0) is 37.1. The van der Waals surface area contributed by atoms with Crippen LogP contribution in [0.2, 0.25) is 0 Å². The summed E-state index contributed by atoms with van der Waals surface area (Å²) >= 11 is 0. The smallest absolute Gasteiger partial charge is 0.460 e. The van der Waals surface area contributed by atoms with Gasteiger partial charge in [-0.1, -0.05) is 57.9 Å². The predicted molar refractivity (Wildman–Crippen MR) is 169 cm³/mol. The lowest BCUT2D eigenvalue weighted by molar-refractivity contribution is -0.396. The Morgan fingerprint density at radius 3 is 2.18 bits per heavy atom. The van der Waals surface area contributed by atoms with Crippen molar-refractivity contribution in [2.45, 2.75) is 153 Å². The number of fused-ring (bicyclic) bond motifs is 5. The Hall–Kier alpha value is -2.18. The summed E-state index contributed by atoms with van der Waals surface area (Å²) in [6, 6.07) is 5.75. The maximum absolute atomic E-state index is 14.1. The van der Waals surface area contributed by atoms with E-state index in [9.17, 15) is 54.5 Å². The zero-order valence-electron chi connectivity index (χ0n) is 28.8. The average Bonchev–Trinajstić information content (AvgIpc) is 3.33. The number of phenols is 1. The molecule has 286 valence electrons. The third-order valence-electron chi connectivity index (χ3n) is 12.0. The first-order chi connectivity index (χ1) is 23.3. The van der Waals surface area contributed by atoms with E-state index in [1.807, 2.05) is 6.07 Å². The maximum Gasteiger partial charge on any atom is 0.460 e. The summed E-state index contributed by atoms with van der Waals surface area (Å²) in [6.07, 6.45) is 1.04. The van der Waals surface area contributed by atoms with Gasteiger partial charge in [0.15, 0.2) is 0 Å². The molecule has 0 aliphatic heterocycles. The number of hydrogen-bond acceptors (Lipinski definition) is 4. The highest BCUT2D eigenvalue weighted by molar-refractivity contribution is 5.72. The molecule has 0 amide bonds. The number of aliphatic hydroxyl groups is 1. The number of alkyl halides is 9. The van der Waals surface area contributed by atoms with Crippen LogP contribution in [0.15, 0.2) is 18.2 Å². The summed E-state index contributed by atoms with van der Waals surface area (Å²) in [5.74, 6) is -19.6. The Bertz CT molecular complexity index is 1290. The molecule has 2 N–H and O–H groups in total. The first kappa shape index (κ1) is 40.6. The molecule has 13 heteroatoms. The first-order valence-corrected chi connectivity index (χ1v) is 18.1. The van der Waals surface area contributed by atoms with Gasteiger partial charge in [0.25, 0.3) is 0 Å². The highest BCUT2D eigenvalue weighted by Crippen LogP contribution is 2.63. The lowest BCUT2D eigenvalue weighted by Gasteiger charge is -2.54. The number of unbranched alkanes of at least 4 members (excludes halogenated alkanes) is 6. The SMILES string of the molecule is CCOC(=O)C(CCCCCCCCC[C@H]1C[C@@]2(C)C(CC[C@@H]2O)C2CCc3cc(O)ccc3C21)CCC(F)(F)C(F)(F)C(F)(F)C(F)(F)F. The Balaban J connectivity index is 1.23. The second-order valence-electron chi connectivity index (χ2n) is 15.2. The van der Waals surface area contributed by atoms with Crippen molar-refractivity contribution in [3.63, 3.8) is 0 Å². The molecule has 0 aromatic heterocycles. The van der Waals surface area contributed by atoms with Crippen molar-refractivity contribution in [1.29, 1.82) is 0 Å². The summed E-state index contributed by atoms with van der Waals surface area (Å²) in [5, 5.41) is 21.1. The Kier molecular flexibility index (Phi) is 12.8. The van der Waals surface area contributed by atoms with Crippen LogP contribution < -0.4 is 0 Å². The number of phenolic OH excluding ortho intramolecular Hbond substituents is 1. The van der Waals surface area contributed by atoms with Crippen molar-refractivity contribution in [2.75, 3.05) is 6.61 Å². The number of hydrogen-bond donors (Lipinski definition) is 2. The summed E-state index contributed by atoms with van der Waals surface area (Å²) in [5.41, 5.74) is 2.47. The minimum absolute atomic E-state index is 0.0504. The van der Waals surface area contributed by atoms with Crippen LogP contribution in [-0.4, -0.2) is 52.8 Å². The second-order valence-corrected chi connectivity index (χ2v) is 15.2. The molecule has 3 aliphatic rings. The van der Waals surface area contributed by atoms with Crippen LogP contribution >= 0.6 is 0 Å². The largest absolute Gasteiger partial charge is 0.508 e. The third kappa shape index (κ3) is 8.22. The molecule has 3 aliphatic carbocycles. The van der Waals surface area contributed by atoms with E-state index >= 15 is 0 Å². The number of ether oxygens (including phenoxy) is 1. The highest BCUT2D eigenvalue weighted by Gasteiger charge is 2.81. The van der Waals surface area contributed by atoms with E-state index < -0.39 is 48.7 Å². The molecule has 0 heterocycles. The van der Waals surface area contributed by atoms with Crippen molar-refractivity contribution < 1.29 is 59.3 Å². The Morgan fingerprint density at radius 1 is 0.900 bits per heavy atom. The number of halogens is 9. The average molecular weight is 731 g/mol. The number of esters is 1. The minimum atomic E-state index is -6.95. The van der Waals surface area contributed by atoms with Crippen LogP contribution in [0, 0.1) is 29.1 Å². The lowest BCUT2D eigenvalue weighted by atomic mass is 9.51. The monoisotopic (exact) mass is 730 g/mol. The van der Waals surface area contributed by atoms with Crippen molar-refractivity contribution in [2.24, 2.45) is 29.1 Å². The van der Waals surface area contributed by atoms with Crippen LogP contribution in [0.4, 0.5) is 39.5 Å². The summed E-state index contributed by atoms with van der Waals surface area (Å²) in [4.78, 5) is 12.3. The highest BCUT2D eigenvalue weighted by atomic mass is 19.4. The van der Waals surface area contributed by atoms with Crippen molar-refractivity contribution >= 4 is 5.97 Å². The molecule has 4 unspecified atom stereocenters. The van der Waals surface area contributed by atoms with Gasteiger partial charge in [0.2, 0.25) is 0 Å². The van der Waals surface area contributed by atoms with Gasteiger partial charge in [0, 0.05) is 6.42 Å². The molecule has 2 saturated carbocycles. The molecule has 4 nitrogen and oxygen atoms in total. The van der Waals surface area contributed by atoms with Gasteiger partial charge >= 0.3 is 29.9 Å². The van der Waals surface area contributed by atoms with E-state index in [0.29, 0.717) is 36.5 Å². The molecule has 7 atom stereocenters. The zero-order valence-corrected chi connectivity index (χ0v) is 28.8. The van der Waals surface area contributed by atoms with Crippen LogP contribution in [0.5, 0.6) is 5.75 Å². The molecule has 0 spiro atoms. The fraction of sp³-hybridized carbons (Fsp3) is 0.811. The number of aliphatic hydroxyl groups excluding tert-OH is 1. The van der Waals surface area contributed by atoms with Crippen LogP contribution in [0.25, 0.3) is 0 Å². The van der Waals surface area contributed by atoms with E-state index in [2.05, 4.69) is 13.0 Å². The minimum Gasteiger partial charge on any atom is -0.508 e. The molecule has 0 radical (unpaired) electrons. The van der Waals surface area contributed by atoms with Gasteiger partial charge in [-0.05, 0) is 111 Å². The molecule has 1 aromatic carbocycles. The van der Waals surface area contributed by atoms with Crippen molar-refractivity contribution in [3.8, 4) is 5.75 Å². The summed E-state index contributed by atoms with van der Waals surface area (Å²) in [6.45, 7) is 3.54. The van der Waals surface area contributed by atoms with Crippen LogP contribution in [-0.2, 0) is 16.0 Å². The molecule has 1 aromatic rings. The first-order valence-electron chi connectivity index (χ1n) is 18.1. The van der Waals surface area contributed by atoms with Crippen LogP contribution in [0.3, 0.4) is 0 Å². The van der Waals surface area contributed by atoms with E-state index in [1.165, 1.54) is 18.1 Å². The molecular formula is C37H51F9O4. The van der Waals surface area contributed by atoms with E-state index in [4.69, 9.17) is 4.74 Å². The Morgan fingerprint density at radius 2 is 1.54 bits per heavy atom. The van der Waals surface area contributed by atoms with Crippen molar-refractivity contribution in [3.05, 3.63) is 29.3 Å². The second kappa shape index (κ2) is 15.8. The van der Waals surface area contributed by atoms with Gasteiger partial charge in [0.05, 0.1) is 18.6 Å². The van der Waals surface area contributed by atoms with Gasteiger partial charge in [-0.3, -0.25) is 4.79 Å². The fourth-order valence-electron chi connectivity index (χ4n) is 9.37. The Labute approximate surface area is 288 Å². The molecule has 50 heavy (non-hydrogen) atoms. The van der Waals surface area contributed by atoms with Gasteiger partial charge in [-0.25, -0.2) is 0 Å². The van der Waals surface area contributed by atoms with Crippen LogP contribution in [0.1, 0.15) is 127 Å². The summed E-state index contributed by atoms with van der Waals surface area (Å²) < 4.78 is 124. The van der Waals surface area contributed by atoms with E-state index in [-0.39, 0.29) is 30.3 Å². The molecular weight excluding hydrogens is 679 g/mol. The number of benzene rings is 1. The van der Waals surface area contributed by atoms with E-state index in [1.54, 1.807) is 6.07 Å². The van der Waals surface area contributed by atoms with Gasteiger partial charge in [0.1, 0.15) is 5.75 Å². The number of rotatable bonds is 17. The molecule has 2 fully saturated rings. The number of carbonyl (C=O) groups excluding carboxylic acids is 1.